The molecule has 0 amide bonds. The first-order valence-corrected chi connectivity index (χ1v) is 12.3. The normalized spacial score (nSPS) is 24.6. The molecule has 30 heavy (non-hydrogen) atoms. The Morgan fingerprint density at radius 3 is 2.23 bits per heavy atom. The van der Waals surface area contributed by atoms with Crippen LogP contribution in [0.3, 0.4) is 0 Å². The predicted molar refractivity (Wildman–Crippen MR) is 130 cm³/mol. The van der Waals surface area contributed by atoms with Gasteiger partial charge in [-0.05, 0) is 23.8 Å². The molecule has 2 aliphatic heterocycles. The summed E-state index contributed by atoms with van der Waals surface area (Å²) in [6.45, 7) is 10.9. The van der Waals surface area contributed by atoms with Crippen LogP contribution in [0.25, 0.3) is 0 Å². The van der Waals surface area contributed by atoms with Gasteiger partial charge in [0.25, 0.3) is 0 Å². The summed E-state index contributed by atoms with van der Waals surface area (Å²) in [5.41, 5.74) is 4.81. The Bertz CT molecular complexity index is 1050. The van der Waals surface area contributed by atoms with Crippen LogP contribution in [-0.4, -0.2) is 42.8 Å². The first-order chi connectivity index (χ1) is 14.4. The van der Waals surface area contributed by atoms with E-state index in [4.69, 9.17) is 9.85 Å². The fraction of sp³-hybridized carbons (Fsp3) is 0.375. The number of allylic oxidation sites excluding steroid dienone is 2. The van der Waals surface area contributed by atoms with Crippen molar-refractivity contribution in [3.05, 3.63) is 71.2 Å². The van der Waals surface area contributed by atoms with Gasteiger partial charge in [0, 0.05) is 44.0 Å². The van der Waals surface area contributed by atoms with Crippen LogP contribution in [0.1, 0.15) is 33.3 Å². The number of hydrazone groups is 1. The second kappa shape index (κ2) is 7.72. The Kier molecular flexibility index (Phi) is 5.37. The van der Waals surface area contributed by atoms with Gasteiger partial charge in [-0.1, -0.05) is 64.1 Å². The number of nitrogens with zero attached hydrogens (tertiary/aromatic N) is 5. The van der Waals surface area contributed by atoms with E-state index in [9.17, 15) is 0 Å². The first-order valence-electron chi connectivity index (χ1n) is 10.7. The maximum atomic E-state index is 5.45. The smallest absolute Gasteiger partial charge is 0.174 e. The molecule has 4 rings (SSSR count). The molecule has 1 unspecified atom stereocenters. The minimum atomic E-state index is -2.27. The number of fused-ring (bicyclic) bond motifs is 1. The van der Waals surface area contributed by atoms with Gasteiger partial charge in [-0.15, -0.1) is 0 Å². The Morgan fingerprint density at radius 2 is 1.60 bits per heavy atom. The number of para-hydroxylation sites is 1. The molecule has 1 atom stereocenters. The zero-order valence-electron chi connectivity index (χ0n) is 18.9. The van der Waals surface area contributed by atoms with Crippen LogP contribution in [0.15, 0.2) is 75.5 Å². The molecule has 0 saturated heterocycles. The SMILES string of the molecule is CCN(CC)P1(=Nc2ccccc2)C(=C2N(C)c3ccccc3C2(C)C)C=NN1C. The number of hydrogen-bond donors (Lipinski definition) is 0. The molecule has 0 spiro atoms. The zero-order valence-corrected chi connectivity index (χ0v) is 19.8. The lowest BCUT2D eigenvalue weighted by Crippen LogP contribution is -2.30. The van der Waals surface area contributed by atoms with Gasteiger partial charge >= 0.3 is 0 Å². The fourth-order valence-corrected chi connectivity index (χ4v) is 8.60. The molecule has 0 aromatic heterocycles. The van der Waals surface area contributed by atoms with Gasteiger partial charge in [0.15, 0.2) is 7.36 Å². The van der Waals surface area contributed by atoms with Gasteiger partial charge in [0.1, 0.15) is 0 Å². The van der Waals surface area contributed by atoms with E-state index in [1.54, 1.807) is 0 Å². The summed E-state index contributed by atoms with van der Waals surface area (Å²) in [6, 6.07) is 19.1. The molecule has 2 aromatic rings. The van der Waals surface area contributed by atoms with E-state index in [-0.39, 0.29) is 5.41 Å². The third-order valence-corrected chi connectivity index (χ3v) is 10.1. The van der Waals surface area contributed by atoms with E-state index in [1.807, 2.05) is 6.07 Å². The van der Waals surface area contributed by atoms with Crippen molar-refractivity contribution in [2.24, 2.45) is 9.85 Å². The number of hydrogen-bond acceptors (Lipinski definition) is 3. The van der Waals surface area contributed by atoms with Crippen molar-refractivity contribution in [1.82, 2.24) is 9.45 Å². The van der Waals surface area contributed by atoms with Crippen molar-refractivity contribution >= 4 is 24.9 Å². The number of anilines is 1. The van der Waals surface area contributed by atoms with Crippen molar-refractivity contribution in [3.63, 3.8) is 0 Å². The molecule has 158 valence electrons. The average Bonchev–Trinajstić information content (AvgIpc) is 3.16. The highest BCUT2D eigenvalue weighted by molar-refractivity contribution is 7.67. The molecule has 0 saturated carbocycles. The Morgan fingerprint density at radius 1 is 0.967 bits per heavy atom. The standard InChI is InChI=1S/C24H32N5P/c1-7-29(8-2)30(26-19-14-10-9-11-15-19)22(18-25-28(30)6)23-24(3,4)20-16-12-13-17-21(20)27(23)5/h9-18H,7-8H2,1-6H3. The predicted octanol–water partition coefficient (Wildman–Crippen LogP) is 6.26. The molecule has 5 nitrogen and oxygen atoms in total. The van der Waals surface area contributed by atoms with Crippen LogP contribution >= 0.6 is 7.36 Å². The summed E-state index contributed by atoms with van der Waals surface area (Å²) in [6.07, 6.45) is 2.07. The monoisotopic (exact) mass is 421 g/mol. The minimum absolute atomic E-state index is 0.123. The van der Waals surface area contributed by atoms with Crippen LogP contribution in [0.4, 0.5) is 11.4 Å². The minimum Gasteiger partial charge on any atom is -0.346 e. The maximum absolute atomic E-state index is 5.45. The molecule has 2 heterocycles. The maximum Gasteiger partial charge on any atom is 0.174 e. The number of benzene rings is 2. The zero-order chi connectivity index (χ0) is 21.5. The third kappa shape index (κ3) is 2.95. The molecule has 0 radical (unpaired) electrons. The highest BCUT2D eigenvalue weighted by Gasteiger charge is 2.47. The Balaban J connectivity index is 2.06. The highest BCUT2D eigenvalue weighted by atomic mass is 31.2. The van der Waals surface area contributed by atoms with E-state index in [0.29, 0.717) is 0 Å². The molecule has 6 heteroatoms. The van der Waals surface area contributed by atoms with Crippen LogP contribution in [0.5, 0.6) is 0 Å². The van der Waals surface area contributed by atoms with Crippen LogP contribution in [0, 0.1) is 0 Å². The quantitative estimate of drug-likeness (QED) is 0.546. The lowest BCUT2D eigenvalue weighted by atomic mass is 9.84. The van der Waals surface area contributed by atoms with Crippen molar-refractivity contribution in [2.45, 2.75) is 33.1 Å². The molecular formula is C24H32N5P. The van der Waals surface area contributed by atoms with Crippen LogP contribution in [-0.2, 0) is 5.41 Å². The number of likely N-dealkylation sites (N-methyl/N-ethyl adjacent to an activating group) is 1. The van der Waals surface area contributed by atoms with Crippen molar-refractivity contribution in [1.29, 1.82) is 0 Å². The molecule has 0 N–H and O–H groups in total. The van der Waals surface area contributed by atoms with Crippen molar-refractivity contribution in [3.8, 4) is 0 Å². The fourth-order valence-electron chi connectivity index (χ4n) is 4.89. The first kappa shape index (κ1) is 20.9. The van der Waals surface area contributed by atoms with Gasteiger partial charge in [0.05, 0.1) is 17.2 Å². The summed E-state index contributed by atoms with van der Waals surface area (Å²) >= 11 is 0. The summed E-state index contributed by atoms with van der Waals surface area (Å²) in [5, 5.41) is 6.08. The summed E-state index contributed by atoms with van der Waals surface area (Å²) in [7, 11) is 2.00. The number of rotatable bonds is 4. The molecule has 0 aliphatic carbocycles. The topological polar surface area (TPSA) is 34.4 Å². The van der Waals surface area contributed by atoms with Gasteiger partial charge in [-0.3, -0.25) is 0 Å². The lowest BCUT2D eigenvalue weighted by Gasteiger charge is -2.39. The van der Waals surface area contributed by atoms with E-state index >= 15 is 0 Å². The van der Waals surface area contributed by atoms with E-state index in [2.05, 4.69) is 111 Å². The molecule has 2 aliphatic rings. The van der Waals surface area contributed by atoms with Crippen molar-refractivity contribution in [2.75, 3.05) is 32.1 Å². The molecule has 2 aromatic carbocycles. The molecular weight excluding hydrogens is 389 g/mol. The van der Waals surface area contributed by atoms with Crippen LogP contribution < -0.4 is 4.90 Å². The van der Waals surface area contributed by atoms with Crippen LogP contribution in [0.2, 0.25) is 0 Å². The second-order valence-electron chi connectivity index (χ2n) is 8.31. The summed E-state index contributed by atoms with van der Waals surface area (Å²) in [5.74, 6) is 0. The summed E-state index contributed by atoms with van der Waals surface area (Å²) in [4.78, 5) is 2.36. The van der Waals surface area contributed by atoms with Gasteiger partial charge < -0.3 is 4.90 Å². The van der Waals surface area contributed by atoms with E-state index in [0.717, 1.165) is 18.8 Å². The average molecular weight is 422 g/mol. The Hall–Kier alpha value is -2.36. The largest absolute Gasteiger partial charge is 0.346 e. The van der Waals surface area contributed by atoms with Gasteiger partial charge in [-0.2, -0.15) is 5.10 Å². The lowest BCUT2D eigenvalue weighted by molar-refractivity contribution is 0.452. The molecule has 0 bridgehead atoms. The van der Waals surface area contributed by atoms with E-state index in [1.165, 1.54) is 22.3 Å². The van der Waals surface area contributed by atoms with Gasteiger partial charge in [0.2, 0.25) is 0 Å². The Labute approximate surface area is 180 Å². The molecule has 0 fully saturated rings. The van der Waals surface area contributed by atoms with E-state index < -0.39 is 7.36 Å². The second-order valence-corrected chi connectivity index (χ2v) is 11.3. The van der Waals surface area contributed by atoms with Crippen molar-refractivity contribution < 1.29 is 0 Å². The third-order valence-electron chi connectivity index (χ3n) is 6.32. The highest BCUT2D eigenvalue weighted by Crippen LogP contribution is 2.69. The van der Waals surface area contributed by atoms with Gasteiger partial charge in [-0.25, -0.2) is 14.2 Å². The summed E-state index contributed by atoms with van der Waals surface area (Å²) < 4.78 is 10.1.